The van der Waals surface area contributed by atoms with Crippen molar-refractivity contribution in [1.82, 2.24) is 0 Å². The lowest BCUT2D eigenvalue weighted by atomic mass is 10.1. The van der Waals surface area contributed by atoms with Gasteiger partial charge in [-0.25, -0.2) is 0 Å². The Labute approximate surface area is 122 Å². The molecule has 0 heterocycles. The first-order chi connectivity index (χ1) is 10.2. The van der Waals surface area contributed by atoms with Crippen LogP contribution in [0.25, 0.3) is 0 Å². The number of ether oxygens (including phenoxy) is 3. The lowest BCUT2D eigenvalue weighted by molar-refractivity contribution is -0.385. The number of benzene rings is 2. The molecular weight excluding hydrogens is 274 g/mol. The highest BCUT2D eigenvalue weighted by Crippen LogP contribution is 2.34. The van der Waals surface area contributed by atoms with Crippen molar-refractivity contribution >= 4 is 5.69 Å². The van der Waals surface area contributed by atoms with Crippen molar-refractivity contribution < 1.29 is 19.1 Å². The van der Waals surface area contributed by atoms with Crippen LogP contribution < -0.4 is 4.74 Å². The fraction of sp³-hybridized carbons (Fsp3) is 0.200. The standard InChI is InChI=1S/C15H15NO5/c1-19-15(20-2)13-10-11(16(17)18)8-9-14(13)21-12-6-4-3-5-7-12/h3-10,15H,1-2H3. The summed E-state index contributed by atoms with van der Waals surface area (Å²) in [6.45, 7) is 0. The van der Waals surface area contributed by atoms with Crippen LogP contribution in [0.5, 0.6) is 11.5 Å². The minimum Gasteiger partial charge on any atom is -0.457 e. The Kier molecular flexibility index (Phi) is 4.86. The first kappa shape index (κ1) is 15.0. The van der Waals surface area contributed by atoms with Gasteiger partial charge in [0.05, 0.1) is 10.5 Å². The van der Waals surface area contributed by atoms with Crippen LogP contribution >= 0.6 is 0 Å². The number of hydrogen-bond acceptors (Lipinski definition) is 5. The van der Waals surface area contributed by atoms with Crippen LogP contribution in [0.3, 0.4) is 0 Å². The van der Waals surface area contributed by atoms with Crippen molar-refractivity contribution in [2.75, 3.05) is 14.2 Å². The van der Waals surface area contributed by atoms with E-state index in [1.807, 2.05) is 18.2 Å². The zero-order valence-electron chi connectivity index (χ0n) is 11.7. The minimum absolute atomic E-state index is 0.0514. The molecule has 6 nitrogen and oxygen atoms in total. The molecule has 0 amide bonds. The molecule has 0 unspecified atom stereocenters. The second kappa shape index (κ2) is 6.83. The van der Waals surface area contributed by atoms with Gasteiger partial charge in [0.25, 0.3) is 5.69 Å². The fourth-order valence-electron chi connectivity index (χ4n) is 1.89. The van der Waals surface area contributed by atoms with Crippen molar-refractivity contribution in [3.8, 4) is 11.5 Å². The third-order valence-corrected chi connectivity index (χ3v) is 2.86. The summed E-state index contributed by atoms with van der Waals surface area (Å²) < 4.78 is 16.1. The normalized spacial score (nSPS) is 10.6. The van der Waals surface area contributed by atoms with Crippen molar-refractivity contribution in [3.63, 3.8) is 0 Å². The Hall–Kier alpha value is -2.44. The molecule has 110 valence electrons. The number of para-hydroxylation sites is 1. The van der Waals surface area contributed by atoms with E-state index in [9.17, 15) is 10.1 Å². The van der Waals surface area contributed by atoms with E-state index < -0.39 is 11.2 Å². The van der Waals surface area contributed by atoms with Gasteiger partial charge < -0.3 is 14.2 Å². The highest BCUT2D eigenvalue weighted by Gasteiger charge is 2.20. The average Bonchev–Trinajstić information content (AvgIpc) is 2.50. The molecule has 0 aliphatic rings. The second-order valence-corrected chi connectivity index (χ2v) is 4.20. The van der Waals surface area contributed by atoms with Gasteiger partial charge in [-0.05, 0) is 18.2 Å². The van der Waals surface area contributed by atoms with E-state index >= 15 is 0 Å². The van der Waals surface area contributed by atoms with E-state index in [1.54, 1.807) is 12.1 Å². The van der Waals surface area contributed by atoms with Crippen LogP contribution in [0.15, 0.2) is 48.5 Å². The van der Waals surface area contributed by atoms with Crippen LogP contribution in [-0.4, -0.2) is 19.1 Å². The molecule has 0 aromatic heterocycles. The van der Waals surface area contributed by atoms with Gasteiger partial charge in [0.15, 0.2) is 6.29 Å². The molecule has 0 saturated heterocycles. The van der Waals surface area contributed by atoms with Gasteiger partial charge >= 0.3 is 0 Å². The lowest BCUT2D eigenvalue weighted by Crippen LogP contribution is -2.06. The molecule has 0 saturated carbocycles. The number of nitro benzene ring substituents is 1. The SMILES string of the molecule is COC(OC)c1cc([N+](=O)[O-])ccc1Oc1ccccc1. The van der Waals surface area contributed by atoms with E-state index in [0.717, 1.165) is 0 Å². The average molecular weight is 289 g/mol. The largest absolute Gasteiger partial charge is 0.457 e. The highest BCUT2D eigenvalue weighted by molar-refractivity contribution is 5.46. The molecule has 21 heavy (non-hydrogen) atoms. The third kappa shape index (κ3) is 3.56. The van der Waals surface area contributed by atoms with Crippen LogP contribution in [0, 0.1) is 10.1 Å². The van der Waals surface area contributed by atoms with Crippen LogP contribution in [0.1, 0.15) is 11.9 Å². The van der Waals surface area contributed by atoms with Crippen LogP contribution in [0.4, 0.5) is 5.69 Å². The topological polar surface area (TPSA) is 70.8 Å². The fourth-order valence-corrected chi connectivity index (χ4v) is 1.89. The summed E-state index contributed by atoms with van der Waals surface area (Å²) in [5, 5.41) is 10.9. The van der Waals surface area contributed by atoms with Crippen molar-refractivity contribution in [3.05, 3.63) is 64.2 Å². The summed E-state index contributed by atoms with van der Waals surface area (Å²) in [6, 6.07) is 13.4. The van der Waals surface area contributed by atoms with E-state index in [1.165, 1.54) is 32.4 Å². The van der Waals surface area contributed by atoms with Gasteiger partial charge in [0.1, 0.15) is 11.5 Å². The van der Waals surface area contributed by atoms with Gasteiger partial charge in [-0.15, -0.1) is 0 Å². The van der Waals surface area contributed by atoms with Crippen LogP contribution in [-0.2, 0) is 9.47 Å². The van der Waals surface area contributed by atoms with Gasteiger partial charge in [0.2, 0.25) is 0 Å². The van der Waals surface area contributed by atoms with Crippen molar-refractivity contribution in [1.29, 1.82) is 0 Å². The number of non-ortho nitro benzene ring substituents is 1. The molecule has 2 rings (SSSR count). The molecule has 2 aromatic carbocycles. The number of hydrogen-bond donors (Lipinski definition) is 0. The Balaban J connectivity index is 2.41. The lowest BCUT2D eigenvalue weighted by Gasteiger charge is -2.17. The molecular formula is C15H15NO5. The summed E-state index contributed by atoms with van der Waals surface area (Å²) in [4.78, 5) is 10.4. The summed E-state index contributed by atoms with van der Waals surface area (Å²) >= 11 is 0. The van der Waals surface area contributed by atoms with Gasteiger partial charge in [0, 0.05) is 26.4 Å². The molecule has 0 fully saturated rings. The quantitative estimate of drug-likeness (QED) is 0.461. The van der Waals surface area contributed by atoms with Crippen molar-refractivity contribution in [2.45, 2.75) is 6.29 Å². The van der Waals surface area contributed by atoms with Gasteiger partial charge in [-0.3, -0.25) is 10.1 Å². The molecule has 2 aromatic rings. The smallest absolute Gasteiger partial charge is 0.270 e. The highest BCUT2D eigenvalue weighted by atomic mass is 16.7. The minimum atomic E-state index is -0.747. The Morgan fingerprint density at radius 2 is 1.71 bits per heavy atom. The van der Waals surface area contributed by atoms with E-state index in [4.69, 9.17) is 14.2 Å². The number of rotatable bonds is 6. The second-order valence-electron chi connectivity index (χ2n) is 4.20. The Morgan fingerprint density at radius 3 is 2.29 bits per heavy atom. The zero-order valence-corrected chi connectivity index (χ0v) is 11.7. The molecule has 0 spiro atoms. The molecule has 0 N–H and O–H groups in total. The van der Waals surface area contributed by atoms with Gasteiger partial charge in [-0.2, -0.15) is 0 Å². The molecule has 0 aliphatic carbocycles. The number of nitro groups is 1. The monoisotopic (exact) mass is 289 g/mol. The predicted molar refractivity (Wildman–Crippen MR) is 76.4 cm³/mol. The molecule has 0 radical (unpaired) electrons. The molecule has 6 heteroatoms. The number of methoxy groups -OCH3 is 2. The zero-order chi connectivity index (χ0) is 15.2. The van der Waals surface area contributed by atoms with E-state index in [0.29, 0.717) is 17.1 Å². The first-order valence-corrected chi connectivity index (χ1v) is 6.22. The molecule has 0 bridgehead atoms. The Bertz CT molecular complexity index is 611. The third-order valence-electron chi connectivity index (χ3n) is 2.86. The summed E-state index contributed by atoms with van der Waals surface area (Å²) in [5.41, 5.74) is 0.405. The predicted octanol–water partition coefficient (Wildman–Crippen LogP) is 3.68. The number of nitrogens with zero attached hydrogens (tertiary/aromatic N) is 1. The molecule has 0 atom stereocenters. The Morgan fingerprint density at radius 1 is 1.05 bits per heavy atom. The molecule has 0 aliphatic heterocycles. The maximum absolute atomic E-state index is 10.9. The summed E-state index contributed by atoms with van der Waals surface area (Å²) in [5.74, 6) is 1.07. The van der Waals surface area contributed by atoms with E-state index in [2.05, 4.69) is 0 Å². The van der Waals surface area contributed by atoms with Crippen LogP contribution in [0.2, 0.25) is 0 Å². The van der Waals surface area contributed by atoms with Gasteiger partial charge in [-0.1, -0.05) is 18.2 Å². The maximum atomic E-state index is 10.9. The van der Waals surface area contributed by atoms with E-state index in [-0.39, 0.29) is 5.69 Å². The first-order valence-electron chi connectivity index (χ1n) is 6.22. The summed E-state index contributed by atoms with van der Waals surface area (Å²) in [6.07, 6.45) is -0.747. The maximum Gasteiger partial charge on any atom is 0.270 e. The van der Waals surface area contributed by atoms with Crippen molar-refractivity contribution in [2.24, 2.45) is 0 Å². The summed E-state index contributed by atoms with van der Waals surface area (Å²) in [7, 11) is 2.92.